The molecule has 0 saturated heterocycles. The average Bonchev–Trinajstić information content (AvgIpc) is 2.85. The molecule has 0 aliphatic carbocycles. The maximum Gasteiger partial charge on any atom is 0.108 e. The molecule has 0 amide bonds. The molecule has 0 unspecified atom stereocenters. The van der Waals surface area contributed by atoms with Crippen LogP contribution in [0.2, 0.25) is 0 Å². The van der Waals surface area contributed by atoms with Gasteiger partial charge in [0.2, 0.25) is 0 Å². The van der Waals surface area contributed by atoms with Crippen molar-refractivity contribution in [1.29, 1.82) is 0 Å². The lowest BCUT2D eigenvalue weighted by atomic mass is 10.1. The molecule has 2 aromatic rings. The molecule has 0 aliphatic heterocycles. The van der Waals surface area contributed by atoms with Crippen LogP contribution in [0.3, 0.4) is 0 Å². The van der Waals surface area contributed by atoms with E-state index in [1.54, 1.807) is 0 Å². The van der Waals surface area contributed by atoms with E-state index in [9.17, 15) is 0 Å². The molecule has 0 spiro atoms. The van der Waals surface area contributed by atoms with E-state index in [2.05, 4.69) is 40.4 Å². The zero-order chi connectivity index (χ0) is 12.8. The van der Waals surface area contributed by atoms with Crippen LogP contribution in [0.15, 0.2) is 36.7 Å². The number of aromatic nitrogens is 2. The lowest BCUT2D eigenvalue weighted by Gasteiger charge is -2.06. The zero-order valence-corrected chi connectivity index (χ0v) is 10.6. The standard InChI is InChI=1S/C15H17N3/c1-2-15-17-10-11-18(15)12-14-7-5-13(6-8-14)4-3-9-16/h5-8,10-11H,2,9,12,16H2,1H3. The predicted molar refractivity (Wildman–Crippen MR) is 73.1 cm³/mol. The highest BCUT2D eigenvalue weighted by Gasteiger charge is 2.00. The molecule has 3 heteroatoms. The van der Waals surface area contributed by atoms with E-state index >= 15 is 0 Å². The lowest BCUT2D eigenvalue weighted by molar-refractivity contribution is 0.732. The summed E-state index contributed by atoms with van der Waals surface area (Å²) < 4.78 is 2.17. The largest absolute Gasteiger partial charge is 0.331 e. The molecule has 1 aromatic heterocycles. The number of aryl methyl sites for hydroxylation is 1. The Hall–Kier alpha value is -2.05. The molecular weight excluding hydrogens is 222 g/mol. The van der Waals surface area contributed by atoms with Crippen LogP contribution < -0.4 is 5.73 Å². The molecule has 18 heavy (non-hydrogen) atoms. The molecule has 0 fully saturated rings. The fourth-order valence-electron chi connectivity index (χ4n) is 1.84. The Morgan fingerprint density at radius 1 is 1.28 bits per heavy atom. The van der Waals surface area contributed by atoms with Gasteiger partial charge in [-0.1, -0.05) is 30.9 Å². The van der Waals surface area contributed by atoms with E-state index < -0.39 is 0 Å². The van der Waals surface area contributed by atoms with E-state index in [1.165, 1.54) is 5.56 Å². The van der Waals surface area contributed by atoms with Crippen molar-refractivity contribution in [3.8, 4) is 11.8 Å². The highest BCUT2D eigenvalue weighted by Crippen LogP contribution is 2.08. The first-order valence-electron chi connectivity index (χ1n) is 6.11. The van der Waals surface area contributed by atoms with Gasteiger partial charge in [-0.25, -0.2) is 4.98 Å². The lowest BCUT2D eigenvalue weighted by Crippen LogP contribution is -2.03. The zero-order valence-electron chi connectivity index (χ0n) is 10.6. The van der Waals surface area contributed by atoms with E-state index in [1.807, 2.05) is 24.5 Å². The minimum Gasteiger partial charge on any atom is -0.331 e. The van der Waals surface area contributed by atoms with Crippen molar-refractivity contribution in [1.82, 2.24) is 9.55 Å². The van der Waals surface area contributed by atoms with Crippen LogP contribution in [0.25, 0.3) is 0 Å². The van der Waals surface area contributed by atoms with Gasteiger partial charge in [0.15, 0.2) is 0 Å². The van der Waals surface area contributed by atoms with Gasteiger partial charge < -0.3 is 10.3 Å². The number of nitrogens with zero attached hydrogens (tertiary/aromatic N) is 2. The van der Waals surface area contributed by atoms with Crippen molar-refractivity contribution in [2.75, 3.05) is 6.54 Å². The Bertz CT molecular complexity index is 555. The molecule has 0 radical (unpaired) electrons. The second kappa shape index (κ2) is 6.04. The van der Waals surface area contributed by atoms with Gasteiger partial charge in [0.25, 0.3) is 0 Å². The molecule has 0 bridgehead atoms. The Kier molecular flexibility index (Phi) is 4.16. The summed E-state index contributed by atoms with van der Waals surface area (Å²) in [6, 6.07) is 8.25. The van der Waals surface area contributed by atoms with Crippen molar-refractivity contribution in [2.24, 2.45) is 5.73 Å². The van der Waals surface area contributed by atoms with Crippen LogP contribution in [-0.4, -0.2) is 16.1 Å². The highest BCUT2D eigenvalue weighted by atomic mass is 15.1. The highest BCUT2D eigenvalue weighted by molar-refractivity contribution is 5.36. The Labute approximate surface area is 108 Å². The minimum atomic E-state index is 0.399. The fraction of sp³-hybridized carbons (Fsp3) is 0.267. The van der Waals surface area contributed by atoms with Gasteiger partial charge >= 0.3 is 0 Å². The first-order chi connectivity index (χ1) is 8.83. The second-order valence-electron chi connectivity index (χ2n) is 4.03. The van der Waals surface area contributed by atoms with E-state index in [4.69, 9.17) is 5.73 Å². The maximum absolute atomic E-state index is 5.34. The van der Waals surface area contributed by atoms with Gasteiger partial charge in [-0.15, -0.1) is 0 Å². The van der Waals surface area contributed by atoms with Crippen molar-refractivity contribution < 1.29 is 0 Å². The molecule has 0 saturated carbocycles. The van der Waals surface area contributed by atoms with Crippen LogP contribution in [0.1, 0.15) is 23.9 Å². The number of rotatable bonds is 3. The average molecular weight is 239 g/mol. The van der Waals surface area contributed by atoms with Gasteiger partial charge in [0, 0.05) is 30.9 Å². The summed E-state index contributed by atoms with van der Waals surface area (Å²) in [7, 11) is 0. The first-order valence-corrected chi connectivity index (χ1v) is 6.11. The normalized spacial score (nSPS) is 9.89. The molecule has 2 N–H and O–H groups in total. The number of hydrogen-bond donors (Lipinski definition) is 1. The number of hydrogen-bond acceptors (Lipinski definition) is 2. The van der Waals surface area contributed by atoms with Crippen LogP contribution in [0.4, 0.5) is 0 Å². The number of imidazole rings is 1. The quantitative estimate of drug-likeness (QED) is 0.830. The smallest absolute Gasteiger partial charge is 0.108 e. The topological polar surface area (TPSA) is 43.8 Å². The van der Waals surface area contributed by atoms with E-state index in [0.717, 1.165) is 24.4 Å². The Morgan fingerprint density at radius 2 is 2.06 bits per heavy atom. The third-order valence-electron chi connectivity index (χ3n) is 2.76. The van der Waals surface area contributed by atoms with Gasteiger partial charge in [0.1, 0.15) is 5.82 Å². The van der Waals surface area contributed by atoms with Crippen molar-refractivity contribution in [2.45, 2.75) is 19.9 Å². The summed E-state index contributed by atoms with van der Waals surface area (Å²) in [5.74, 6) is 6.98. The van der Waals surface area contributed by atoms with Gasteiger partial charge in [-0.3, -0.25) is 0 Å². The first kappa shape index (κ1) is 12.4. The maximum atomic E-state index is 5.34. The summed E-state index contributed by atoms with van der Waals surface area (Å²) >= 11 is 0. The van der Waals surface area contributed by atoms with Crippen LogP contribution in [0, 0.1) is 11.8 Å². The molecule has 0 aliphatic rings. The van der Waals surface area contributed by atoms with Crippen molar-refractivity contribution in [3.05, 3.63) is 53.6 Å². The van der Waals surface area contributed by atoms with Crippen LogP contribution in [-0.2, 0) is 13.0 Å². The molecule has 92 valence electrons. The Morgan fingerprint density at radius 3 is 2.72 bits per heavy atom. The van der Waals surface area contributed by atoms with Crippen molar-refractivity contribution in [3.63, 3.8) is 0 Å². The molecule has 3 nitrogen and oxygen atoms in total. The predicted octanol–water partition coefficient (Wildman–Crippen LogP) is 1.80. The Balaban J connectivity index is 2.11. The third kappa shape index (κ3) is 2.99. The van der Waals surface area contributed by atoms with E-state index in [-0.39, 0.29) is 0 Å². The fourth-order valence-corrected chi connectivity index (χ4v) is 1.84. The number of benzene rings is 1. The minimum absolute atomic E-state index is 0.399. The molecule has 1 heterocycles. The van der Waals surface area contributed by atoms with E-state index in [0.29, 0.717) is 6.54 Å². The van der Waals surface area contributed by atoms with Gasteiger partial charge in [0.05, 0.1) is 6.54 Å². The van der Waals surface area contributed by atoms with Crippen LogP contribution >= 0.6 is 0 Å². The molecular formula is C15H17N3. The third-order valence-corrected chi connectivity index (χ3v) is 2.76. The van der Waals surface area contributed by atoms with Gasteiger partial charge in [-0.05, 0) is 17.7 Å². The van der Waals surface area contributed by atoms with Crippen molar-refractivity contribution >= 4 is 0 Å². The molecule has 2 rings (SSSR count). The second-order valence-corrected chi connectivity index (χ2v) is 4.03. The molecule has 1 aromatic carbocycles. The SMILES string of the molecule is CCc1nccn1Cc1ccc(C#CCN)cc1. The van der Waals surface area contributed by atoms with Gasteiger partial charge in [-0.2, -0.15) is 0 Å². The molecule has 0 atom stereocenters. The summed E-state index contributed by atoms with van der Waals surface area (Å²) in [5, 5.41) is 0. The summed E-state index contributed by atoms with van der Waals surface area (Å²) in [4.78, 5) is 4.32. The van der Waals surface area contributed by atoms with Crippen LogP contribution in [0.5, 0.6) is 0 Å². The summed E-state index contributed by atoms with van der Waals surface area (Å²) in [6.45, 7) is 3.37. The summed E-state index contributed by atoms with van der Waals surface area (Å²) in [6.07, 6.45) is 4.81. The monoisotopic (exact) mass is 239 g/mol. The number of nitrogens with two attached hydrogens (primary N) is 1. The summed E-state index contributed by atoms with van der Waals surface area (Å²) in [5.41, 5.74) is 7.60.